The quantitative estimate of drug-likeness (QED) is 0.744. The first-order chi connectivity index (χ1) is 12.6. The van der Waals surface area contributed by atoms with Crippen molar-refractivity contribution in [3.8, 4) is 0 Å². The largest absolute Gasteiger partial charge is 0.348 e. The van der Waals surface area contributed by atoms with Crippen LogP contribution in [0.15, 0.2) is 67.3 Å². The zero-order chi connectivity index (χ0) is 18.4. The molecule has 0 aliphatic rings. The van der Waals surface area contributed by atoms with Gasteiger partial charge in [-0.3, -0.25) is 19.6 Å². The number of amides is 2. The van der Waals surface area contributed by atoms with E-state index in [0.29, 0.717) is 23.4 Å². The van der Waals surface area contributed by atoms with E-state index in [-0.39, 0.29) is 11.8 Å². The molecule has 0 unspecified atom stereocenters. The molecule has 130 valence electrons. The van der Waals surface area contributed by atoms with Gasteiger partial charge in [-0.25, -0.2) is 0 Å². The molecule has 6 nitrogen and oxygen atoms in total. The minimum absolute atomic E-state index is 0.299. The van der Waals surface area contributed by atoms with Gasteiger partial charge >= 0.3 is 0 Å². The van der Waals surface area contributed by atoms with Crippen LogP contribution in [0.2, 0.25) is 0 Å². The molecule has 3 aromatic rings. The molecule has 0 spiro atoms. The van der Waals surface area contributed by atoms with E-state index in [9.17, 15) is 9.59 Å². The van der Waals surface area contributed by atoms with Crippen LogP contribution in [0, 0.1) is 6.92 Å². The molecular weight excluding hydrogens is 328 g/mol. The number of hydrogen-bond acceptors (Lipinski definition) is 4. The van der Waals surface area contributed by atoms with Crippen molar-refractivity contribution in [2.24, 2.45) is 0 Å². The number of hydrogen-bond donors (Lipinski definition) is 2. The normalized spacial score (nSPS) is 10.2. The lowest BCUT2D eigenvalue weighted by molar-refractivity contribution is 0.0950. The van der Waals surface area contributed by atoms with Crippen LogP contribution in [0.25, 0.3) is 0 Å². The summed E-state index contributed by atoms with van der Waals surface area (Å²) < 4.78 is 0. The van der Waals surface area contributed by atoms with Gasteiger partial charge in [-0.15, -0.1) is 0 Å². The van der Waals surface area contributed by atoms with Gasteiger partial charge in [-0.2, -0.15) is 0 Å². The minimum atomic E-state index is -0.315. The fraction of sp³-hybridized carbons (Fsp3) is 0.100. The topological polar surface area (TPSA) is 84.0 Å². The van der Waals surface area contributed by atoms with Gasteiger partial charge in [0, 0.05) is 37.0 Å². The first kappa shape index (κ1) is 17.3. The molecule has 0 bridgehead atoms. The molecule has 3 rings (SSSR count). The van der Waals surface area contributed by atoms with Crippen LogP contribution in [0.5, 0.6) is 0 Å². The van der Waals surface area contributed by atoms with E-state index < -0.39 is 0 Å². The molecule has 0 radical (unpaired) electrons. The Balaban J connectivity index is 1.67. The van der Waals surface area contributed by atoms with Crippen molar-refractivity contribution in [2.45, 2.75) is 13.5 Å². The van der Waals surface area contributed by atoms with Gasteiger partial charge in [0.05, 0.1) is 11.1 Å². The monoisotopic (exact) mass is 346 g/mol. The number of nitrogens with one attached hydrogen (secondary N) is 2. The Labute approximate surface area is 151 Å². The number of carbonyl (C=O) groups excluding carboxylic acids is 2. The first-order valence-corrected chi connectivity index (χ1v) is 8.12. The predicted octanol–water partition coefficient (Wildman–Crippen LogP) is 2.97. The zero-order valence-electron chi connectivity index (χ0n) is 14.3. The SMILES string of the molecule is Cc1cccc(NC(=O)c2cncc(C(=O)NCc3cccnc3)c2)c1. The molecule has 2 heterocycles. The van der Waals surface area contributed by atoms with E-state index in [2.05, 4.69) is 20.6 Å². The average molecular weight is 346 g/mol. The number of benzene rings is 1. The Morgan fingerprint density at radius 1 is 0.923 bits per heavy atom. The minimum Gasteiger partial charge on any atom is -0.348 e. The highest BCUT2D eigenvalue weighted by atomic mass is 16.2. The summed E-state index contributed by atoms with van der Waals surface area (Å²) in [6, 6.07) is 12.7. The summed E-state index contributed by atoms with van der Waals surface area (Å²) in [5, 5.41) is 5.59. The van der Waals surface area contributed by atoms with Crippen LogP contribution < -0.4 is 10.6 Å². The summed E-state index contributed by atoms with van der Waals surface area (Å²) in [7, 11) is 0. The lowest BCUT2D eigenvalue weighted by Gasteiger charge is -2.08. The number of anilines is 1. The fourth-order valence-electron chi connectivity index (χ4n) is 2.40. The van der Waals surface area contributed by atoms with E-state index in [1.165, 1.54) is 18.5 Å². The van der Waals surface area contributed by atoms with E-state index in [4.69, 9.17) is 0 Å². The molecule has 2 amide bonds. The number of carbonyl (C=O) groups is 2. The van der Waals surface area contributed by atoms with Crippen molar-refractivity contribution >= 4 is 17.5 Å². The van der Waals surface area contributed by atoms with Gasteiger partial charge < -0.3 is 10.6 Å². The van der Waals surface area contributed by atoms with Crippen molar-refractivity contribution in [3.63, 3.8) is 0 Å². The Kier molecular flexibility index (Phi) is 5.34. The molecule has 6 heteroatoms. The van der Waals surface area contributed by atoms with Crippen molar-refractivity contribution in [3.05, 3.63) is 89.5 Å². The van der Waals surface area contributed by atoms with Gasteiger partial charge in [0.15, 0.2) is 0 Å². The summed E-state index contributed by atoms with van der Waals surface area (Å²) in [5.74, 6) is -0.614. The molecule has 0 atom stereocenters. The number of pyridine rings is 2. The fourth-order valence-corrected chi connectivity index (χ4v) is 2.40. The third-order valence-electron chi connectivity index (χ3n) is 3.71. The second-order valence-corrected chi connectivity index (χ2v) is 5.83. The number of aromatic nitrogens is 2. The highest BCUT2D eigenvalue weighted by Crippen LogP contribution is 2.12. The molecule has 2 N–H and O–H groups in total. The first-order valence-electron chi connectivity index (χ1n) is 8.12. The van der Waals surface area contributed by atoms with Crippen molar-refractivity contribution in [1.29, 1.82) is 0 Å². The van der Waals surface area contributed by atoms with Gasteiger partial charge in [-0.05, 0) is 42.3 Å². The highest BCUT2D eigenvalue weighted by molar-refractivity contribution is 6.05. The second-order valence-electron chi connectivity index (χ2n) is 5.83. The molecule has 0 saturated heterocycles. The summed E-state index contributed by atoms with van der Waals surface area (Å²) in [6.07, 6.45) is 6.22. The molecule has 26 heavy (non-hydrogen) atoms. The standard InChI is InChI=1S/C20H18N4O2/c1-14-4-2-6-18(8-14)24-20(26)17-9-16(12-22-13-17)19(25)23-11-15-5-3-7-21-10-15/h2-10,12-13H,11H2,1H3,(H,23,25)(H,24,26). The lowest BCUT2D eigenvalue weighted by atomic mass is 10.1. The van der Waals surface area contributed by atoms with Gasteiger partial charge in [-0.1, -0.05) is 18.2 Å². The Morgan fingerprint density at radius 2 is 1.73 bits per heavy atom. The van der Waals surface area contributed by atoms with Crippen LogP contribution in [0.3, 0.4) is 0 Å². The molecule has 0 fully saturated rings. The van der Waals surface area contributed by atoms with E-state index >= 15 is 0 Å². The molecular formula is C20H18N4O2. The summed E-state index contributed by atoms with van der Waals surface area (Å²) in [4.78, 5) is 32.7. The van der Waals surface area contributed by atoms with E-state index in [1.807, 2.05) is 37.3 Å². The van der Waals surface area contributed by atoms with Crippen LogP contribution in [0.4, 0.5) is 5.69 Å². The zero-order valence-corrected chi connectivity index (χ0v) is 14.3. The van der Waals surface area contributed by atoms with Gasteiger partial charge in [0.25, 0.3) is 11.8 Å². The Hall–Kier alpha value is -3.54. The van der Waals surface area contributed by atoms with Crippen LogP contribution in [0.1, 0.15) is 31.8 Å². The average Bonchev–Trinajstić information content (AvgIpc) is 2.67. The Bertz CT molecular complexity index is 926. The summed E-state index contributed by atoms with van der Waals surface area (Å²) >= 11 is 0. The molecule has 0 aliphatic heterocycles. The van der Waals surface area contributed by atoms with E-state index in [1.54, 1.807) is 18.5 Å². The maximum Gasteiger partial charge on any atom is 0.257 e. The second kappa shape index (κ2) is 8.02. The molecule has 0 aliphatic carbocycles. The van der Waals surface area contributed by atoms with Gasteiger partial charge in [0.1, 0.15) is 0 Å². The molecule has 1 aromatic carbocycles. The maximum absolute atomic E-state index is 12.4. The number of aryl methyl sites for hydroxylation is 1. The predicted molar refractivity (Wildman–Crippen MR) is 98.8 cm³/mol. The van der Waals surface area contributed by atoms with Crippen molar-refractivity contribution in [1.82, 2.24) is 15.3 Å². The summed E-state index contributed by atoms with van der Waals surface area (Å²) in [5.41, 5.74) is 3.28. The van der Waals surface area contributed by atoms with Crippen molar-refractivity contribution in [2.75, 3.05) is 5.32 Å². The lowest BCUT2D eigenvalue weighted by Crippen LogP contribution is -2.23. The van der Waals surface area contributed by atoms with E-state index in [0.717, 1.165) is 11.1 Å². The third kappa shape index (κ3) is 4.51. The third-order valence-corrected chi connectivity index (χ3v) is 3.71. The van der Waals surface area contributed by atoms with Gasteiger partial charge in [0.2, 0.25) is 0 Å². The van der Waals surface area contributed by atoms with Crippen LogP contribution in [-0.2, 0) is 6.54 Å². The van der Waals surface area contributed by atoms with Crippen LogP contribution in [-0.4, -0.2) is 21.8 Å². The van der Waals surface area contributed by atoms with Crippen molar-refractivity contribution < 1.29 is 9.59 Å². The summed E-state index contributed by atoms with van der Waals surface area (Å²) in [6.45, 7) is 2.30. The molecule has 0 saturated carbocycles. The number of rotatable bonds is 5. The smallest absolute Gasteiger partial charge is 0.257 e. The molecule has 2 aromatic heterocycles. The number of nitrogens with zero attached hydrogens (tertiary/aromatic N) is 2. The highest BCUT2D eigenvalue weighted by Gasteiger charge is 2.12. The Morgan fingerprint density at radius 3 is 2.46 bits per heavy atom. The maximum atomic E-state index is 12.4. The van der Waals surface area contributed by atoms with Crippen LogP contribution >= 0.6 is 0 Å².